The number of nitrogens with zero attached hydrogens (tertiary/aromatic N) is 2. The van der Waals surface area contributed by atoms with E-state index in [0.717, 1.165) is 18.9 Å². The second kappa shape index (κ2) is 10.8. The molecule has 172 valence electrons. The van der Waals surface area contributed by atoms with Crippen LogP contribution in [0.25, 0.3) is 0 Å². The van der Waals surface area contributed by atoms with Crippen LogP contribution in [0.4, 0.5) is 4.39 Å². The lowest BCUT2D eigenvalue weighted by molar-refractivity contribution is -0.135. The summed E-state index contributed by atoms with van der Waals surface area (Å²) in [6, 6.07) is 4.45. The van der Waals surface area contributed by atoms with Gasteiger partial charge in [0.05, 0.1) is 6.54 Å². The summed E-state index contributed by atoms with van der Waals surface area (Å²) in [6.45, 7) is 2.20. The van der Waals surface area contributed by atoms with E-state index in [1.165, 1.54) is 30.0 Å². The first-order chi connectivity index (χ1) is 14.8. The second-order valence-electron chi connectivity index (χ2n) is 7.83. The van der Waals surface area contributed by atoms with Crippen molar-refractivity contribution in [3.8, 4) is 0 Å². The zero-order chi connectivity index (χ0) is 22.4. The van der Waals surface area contributed by atoms with Gasteiger partial charge in [-0.15, -0.1) is 0 Å². The maximum atomic E-state index is 14.0. The van der Waals surface area contributed by atoms with Gasteiger partial charge >= 0.3 is 0 Å². The molecule has 1 aliphatic carbocycles. The number of thioether (sulfide) groups is 1. The molecule has 2 N–H and O–H groups in total. The Labute approximate surface area is 187 Å². The number of rotatable bonds is 10. The number of carbonyl (C=O) groups is 2. The third kappa shape index (κ3) is 6.90. The molecule has 1 aliphatic heterocycles. The Balaban J connectivity index is 1.59. The zero-order valence-corrected chi connectivity index (χ0v) is 19.2. The largest absolute Gasteiger partial charge is 0.352 e. The normalized spacial score (nSPS) is 18.6. The Morgan fingerprint density at radius 1 is 1.19 bits per heavy atom. The molecule has 1 aromatic rings. The van der Waals surface area contributed by atoms with Crippen molar-refractivity contribution in [2.45, 2.75) is 36.2 Å². The maximum absolute atomic E-state index is 14.0. The number of amides is 2. The van der Waals surface area contributed by atoms with Gasteiger partial charge in [0.2, 0.25) is 21.8 Å². The van der Waals surface area contributed by atoms with E-state index < -0.39 is 26.8 Å². The van der Waals surface area contributed by atoms with E-state index in [1.54, 1.807) is 4.90 Å². The highest BCUT2D eigenvalue weighted by Crippen LogP contribution is 2.19. The Bertz CT molecular complexity index is 887. The van der Waals surface area contributed by atoms with Crippen LogP contribution in [0, 0.1) is 5.82 Å². The Morgan fingerprint density at radius 2 is 1.87 bits per heavy atom. The predicted molar refractivity (Wildman–Crippen MR) is 118 cm³/mol. The van der Waals surface area contributed by atoms with Gasteiger partial charge in [-0.3, -0.25) is 14.5 Å². The maximum Gasteiger partial charge on any atom is 0.244 e. The molecule has 0 bridgehead atoms. The SMILES string of the molecule is CSCCC(NS(=O)(=O)c1ccccc1F)C(=O)N1CCN(CC(=O)NC2CC2)CC1. The smallest absolute Gasteiger partial charge is 0.244 e. The van der Waals surface area contributed by atoms with Gasteiger partial charge in [0.1, 0.15) is 16.8 Å². The molecule has 1 saturated heterocycles. The van der Waals surface area contributed by atoms with E-state index in [1.807, 2.05) is 11.2 Å². The molecule has 1 atom stereocenters. The van der Waals surface area contributed by atoms with Gasteiger partial charge in [0, 0.05) is 32.2 Å². The fourth-order valence-electron chi connectivity index (χ4n) is 3.43. The third-order valence-corrected chi connectivity index (χ3v) is 7.47. The molecule has 3 rings (SSSR count). The van der Waals surface area contributed by atoms with Crippen molar-refractivity contribution in [1.82, 2.24) is 19.8 Å². The highest BCUT2D eigenvalue weighted by atomic mass is 32.2. The van der Waals surface area contributed by atoms with Gasteiger partial charge in [-0.25, -0.2) is 12.8 Å². The first-order valence-electron chi connectivity index (χ1n) is 10.4. The lowest BCUT2D eigenvalue weighted by atomic mass is 10.2. The van der Waals surface area contributed by atoms with E-state index in [-0.39, 0.29) is 11.8 Å². The Hall–Kier alpha value is -1.69. The number of carbonyl (C=O) groups excluding carboxylic acids is 2. The molecule has 1 heterocycles. The quantitative estimate of drug-likeness (QED) is 0.519. The van der Waals surface area contributed by atoms with Crippen LogP contribution < -0.4 is 10.0 Å². The lowest BCUT2D eigenvalue weighted by Crippen LogP contribution is -2.56. The van der Waals surface area contributed by atoms with E-state index in [4.69, 9.17) is 0 Å². The summed E-state index contributed by atoms with van der Waals surface area (Å²) in [6.07, 6.45) is 4.25. The van der Waals surface area contributed by atoms with Crippen molar-refractivity contribution < 1.29 is 22.4 Å². The molecule has 11 heteroatoms. The highest BCUT2D eigenvalue weighted by Gasteiger charge is 2.32. The van der Waals surface area contributed by atoms with Crippen LogP contribution in [-0.4, -0.2) is 86.8 Å². The minimum atomic E-state index is -4.18. The minimum Gasteiger partial charge on any atom is -0.352 e. The zero-order valence-electron chi connectivity index (χ0n) is 17.5. The van der Waals surface area contributed by atoms with E-state index in [2.05, 4.69) is 10.0 Å². The summed E-state index contributed by atoms with van der Waals surface area (Å²) < 4.78 is 41.8. The molecular weight excluding hydrogens is 443 g/mol. The van der Waals surface area contributed by atoms with E-state index >= 15 is 0 Å². The van der Waals surface area contributed by atoms with Crippen LogP contribution in [0.3, 0.4) is 0 Å². The van der Waals surface area contributed by atoms with Crippen LogP contribution in [-0.2, 0) is 19.6 Å². The molecule has 0 spiro atoms. The van der Waals surface area contributed by atoms with Crippen LogP contribution in [0.5, 0.6) is 0 Å². The number of benzene rings is 1. The van der Waals surface area contributed by atoms with Crippen LogP contribution in [0.2, 0.25) is 0 Å². The van der Waals surface area contributed by atoms with Crippen LogP contribution in [0.15, 0.2) is 29.2 Å². The number of halogens is 1. The summed E-state index contributed by atoms with van der Waals surface area (Å²) in [5.41, 5.74) is 0. The van der Waals surface area contributed by atoms with Crippen molar-refractivity contribution in [3.63, 3.8) is 0 Å². The first-order valence-corrected chi connectivity index (χ1v) is 13.2. The molecule has 1 aromatic carbocycles. The highest BCUT2D eigenvalue weighted by molar-refractivity contribution is 7.98. The Morgan fingerprint density at radius 3 is 2.48 bits per heavy atom. The number of nitrogens with one attached hydrogen (secondary N) is 2. The molecule has 2 amide bonds. The second-order valence-corrected chi connectivity index (χ2v) is 10.5. The van der Waals surface area contributed by atoms with Gasteiger partial charge in [0.25, 0.3) is 0 Å². The van der Waals surface area contributed by atoms with Crippen LogP contribution >= 0.6 is 11.8 Å². The molecule has 2 fully saturated rings. The predicted octanol–water partition coefficient (Wildman–Crippen LogP) is 0.649. The molecule has 31 heavy (non-hydrogen) atoms. The monoisotopic (exact) mass is 472 g/mol. The van der Waals surface area contributed by atoms with E-state index in [0.29, 0.717) is 50.9 Å². The number of piperazine rings is 1. The van der Waals surface area contributed by atoms with Crippen molar-refractivity contribution >= 4 is 33.6 Å². The Kier molecular flexibility index (Phi) is 8.31. The lowest BCUT2D eigenvalue weighted by Gasteiger charge is -2.36. The molecular formula is C20H29FN4O4S2. The number of hydrogen-bond donors (Lipinski definition) is 2. The molecule has 0 radical (unpaired) electrons. The summed E-state index contributed by atoms with van der Waals surface area (Å²) >= 11 is 1.50. The average molecular weight is 473 g/mol. The van der Waals surface area contributed by atoms with Crippen molar-refractivity contribution in [2.75, 3.05) is 44.7 Å². The topological polar surface area (TPSA) is 98.8 Å². The molecule has 1 unspecified atom stereocenters. The molecule has 8 nitrogen and oxygen atoms in total. The van der Waals surface area contributed by atoms with Gasteiger partial charge in [-0.1, -0.05) is 12.1 Å². The van der Waals surface area contributed by atoms with Gasteiger partial charge in [-0.05, 0) is 43.4 Å². The first kappa shape index (κ1) is 24.0. The minimum absolute atomic E-state index is 0.00206. The third-order valence-electron chi connectivity index (χ3n) is 5.33. The van der Waals surface area contributed by atoms with Crippen molar-refractivity contribution in [2.24, 2.45) is 0 Å². The molecule has 0 aromatic heterocycles. The van der Waals surface area contributed by atoms with Crippen molar-refractivity contribution in [3.05, 3.63) is 30.1 Å². The molecule has 2 aliphatic rings. The summed E-state index contributed by atoms with van der Waals surface area (Å²) in [4.78, 5) is 28.2. The average Bonchev–Trinajstić information content (AvgIpc) is 3.55. The van der Waals surface area contributed by atoms with Crippen LogP contribution in [0.1, 0.15) is 19.3 Å². The number of sulfonamides is 1. The summed E-state index contributed by atoms with van der Waals surface area (Å²) in [5.74, 6) is -0.602. The number of hydrogen-bond acceptors (Lipinski definition) is 6. The van der Waals surface area contributed by atoms with Crippen molar-refractivity contribution in [1.29, 1.82) is 0 Å². The van der Waals surface area contributed by atoms with Gasteiger partial charge in [0.15, 0.2) is 0 Å². The van der Waals surface area contributed by atoms with Gasteiger partial charge in [-0.2, -0.15) is 16.5 Å². The van der Waals surface area contributed by atoms with Gasteiger partial charge < -0.3 is 10.2 Å². The fraction of sp³-hybridized carbons (Fsp3) is 0.600. The fourth-order valence-corrected chi connectivity index (χ4v) is 5.21. The standard InChI is InChI=1S/C20H29FN4O4S2/c1-30-13-8-17(23-31(28,29)18-5-3-2-4-16(18)21)20(27)25-11-9-24(10-12-25)14-19(26)22-15-6-7-15/h2-5,15,17,23H,6-14H2,1H3,(H,22,26). The summed E-state index contributed by atoms with van der Waals surface area (Å²) in [5, 5.41) is 2.95. The summed E-state index contributed by atoms with van der Waals surface area (Å²) in [7, 11) is -4.18. The molecule has 1 saturated carbocycles. The van der Waals surface area contributed by atoms with E-state index in [9.17, 15) is 22.4 Å².